The molecular weight excluding hydrogens is 323 g/mol. The molecule has 5 nitrogen and oxygen atoms in total. The van der Waals surface area contributed by atoms with E-state index in [0.29, 0.717) is 22.0 Å². The van der Waals surface area contributed by atoms with E-state index >= 15 is 0 Å². The van der Waals surface area contributed by atoms with Crippen LogP contribution in [0.15, 0.2) is 42.5 Å². The van der Waals surface area contributed by atoms with Crippen LogP contribution in [0.3, 0.4) is 0 Å². The lowest BCUT2D eigenvalue weighted by Gasteiger charge is -2.10. The molecule has 23 heavy (non-hydrogen) atoms. The van der Waals surface area contributed by atoms with Crippen LogP contribution < -0.4 is 15.4 Å². The molecular formula is C16H14ClFN2O3. The maximum atomic E-state index is 12.8. The van der Waals surface area contributed by atoms with Crippen molar-refractivity contribution in [3.63, 3.8) is 0 Å². The van der Waals surface area contributed by atoms with E-state index in [4.69, 9.17) is 16.3 Å². The van der Waals surface area contributed by atoms with E-state index in [2.05, 4.69) is 10.6 Å². The van der Waals surface area contributed by atoms with Crippen LogP contribution in [-0.2, 0) is 16.1 Å². The van der Waals surface area contributed by atoms with E-state index in [1.807, 2.05) is 0 Å². The molecule has 0 saturated heterocycles. The second-order valence-corrected chi connectivity index (χ2v) is 5.04. The quantitative estimate of drug-likeness (QED) is 0.844. The predicted octanol–water partition coefficient (Wildman–Crippen LogP) is 2.74. The summed E-state index contributed by atoms with van der Waals surface area (Å²) in [5.41, 5.74) is 1.01. The van der Waals surface area contributed by atoms with Gasteiger partial charge in [-0.15, -0.1) is 0 Å². The summed E-state index contributed by atoms with van der Waals surface area (Å²) in [6.45, 7) is 0.107. The minimum absolute atomic E-state index is 0.107. The van der Waals surface area contributed by atoms with Crippen molar-refractivity contribution in [2.45, 2.75) is 6.54 Å². The lowest BCUT2D eigenvalue weighted by Crippen LogP contribution is -2.35. The summed E-state index contributed by atoms with van der Waals surface area (Å²) in [4.78, 5) is 23.5. The molecule has 0 unspecified atom stereocenters. The van der Waals surface area contributed by atoms with Crippen molar-refractivity contribution < 1.29 is 18.7 Å². The number of carbonyl (C=O) groups is 2. The van der Waals surface area contributed by atoms with Crippen molar-refractivity contribution in [2.24, 2.45) is 0 Å². The van der Waals surface area contributed by atoms with Gasteiger partial charge in [0.15, 0.2) is 0 Å². The summed E-state index contributed by atoms with van der Waals surface area (Å²) in [6, 6.07) is 10.1. The van der Waals surface area contributed by atoms with Gasteiger partial charge in [-0.25, -0.2) is 4.39 Å². The van der Waals surface area contributed by atoms with Crippen molar-refractivity contribution in [3.05, 3.63) is 58.9 Å². The van der Waals surface area contributed by atoms with Crippen LogP contribution in [0.1, 0.15) is 5.56 Å². The molecule has 2 aromatic rings. The number of anilines is 1. The fourth-order valence-electron chi connectivity index (χ4n) is 1.84. The Kier molecular flexibility index (Phi) is 5.54. The molecule has 2 aromatic carbocycles. The van der Waals surface area contributed by atoms with E-state index in [0.717, 1.165) is 0 Å². The highest BCUT2D eigenvalue weighted by atomic mass is 35.5. The molecule has 0 atom stereocenters. The van der Waals surface area contributed by atoms with Gasteiger partial charge in [0.1, 0.15) is 11.6 Å². The van der Waals surface area contributed by atoms with Crippen LogP contribution in [-0.4, -0.2) is 18.9 Å². The molecule has 0 fully saturated rings. The maximum absolute atomic E-state index is 12.8. The first-order chi connectivity index (χ1) is 11.0. The molecule has 0 aromatic heterocycles. The van der Waals surface area contributed by atoms with Gasteiger partial charge in [0.25, 0.3) is 0 Å². The van der Waals surface area contributed by atoms with Crippen molar-refractivity contribution >= 4 is 29.1 Å². The molecule has 120 valence electrons. The topological polar surface area (TPSA) is 67.4 Å². The molecule has 2 rings (SSSR count). The zero-order valence-corrected chi connectivity index (χ0v) is 13.0. The van der Waals surface area contributed by atoms with E-state index in [9.17, 15) is 14.0 Å². The molecule has 0 saturated carbocycles. The number of benzene rings is 2. The zero-order chi connectivity index (χ0) is 16.8. The summed E-state index contributed by atoms with van der Waals surface area (Å²) in [7, 11) is 1.48. The second kappa shape index (κ2) is 7.60. The van der Waals surface area contributed by atoms with Crippen molar-refractivity contribution in [2.75, 3.05) is 12.4 Å². The first-order valence-electron chi connectivity index (χ1n) is 6.67. The molecule has 0 aliphatic carbocycles. The van der Waals surface area contributed by atoms with Crippen LogP contribution >= 0.6 is 11.6 Å². The van der Waals surface area contributed by atoms with Gasteiger partial charge in [0, 0.05) is 22.8 Å². The normalized spacial score (nSPS) is 10.0. The summed E-state index contributed by atoms with van der Waals surface area (Å²) >= 11 is 5.85. The minimum atomic E-state index is -0.843. The van der Waals surface area contributed by atoms with E-state index in [1.54, 1.807) is 18.2 Å². The number of methoxy groups -OCH3 is 1. The lowest BCUT2D eigenvalue weighted by molar-refractivity contribution is -0.136. The molecule has 7 heteroatoms. The first-order valence-corrected chi connectivity index (χ1v) is 7.04. The summed E-state index contributed by atoms with van der Waals surface area (Å²) in [6.07, 6.45) is 0. The summed E-state index contributed by atoms with van der Waals surface area (Å²) in [5.74, 6) is -1.57. The highest BCUT2D eigenvalue weighted by Gasteiger charge is 2.14. The van der Waals surface area contributed by atoms with E-state index in [1.165, 1.54) is 31.4 Å². The predicted molar refractivity (Wildman–Crippen MR) is 84.9 cm³/mol. The SMILES string of the molecule is COc1cc(Cl)ccc1CNC(=O)C(=O)Nc1ccc(F)cc1. The van der Waals surface area contributed by atoms with Crippen LogP contribution in [0.5, 0.6) is 5.75 Å². The monoisotopic (exact) mass is 336 g/mol. The van der Waals surface area contributed by atoms with Gasteiger partial charge < -0.3 is 15.4 Å². The average molecular weight is 337 g/mol. The van der Waals surface area contributed by atoms with E-state index < -0.39 is 17.6 Å². The number of carbonyl (C=O) groups excluding carboxylic acids is 2. The van der Waals surface area contributed by atoms with Crippen molar-refractivity contribution in [1.82, 2.24) is 5.32 Å². The number of hydrogen-bond acceptors (Lipinski definition) is 3. The van der Waals surface area contributed by atoms with Crippen molar-refractivity contribution in [3.8, 4) is 5.75 Å². The van der Waals surface area contributed by atoms with E-state index in [-0.39, 0.29) is 6.54 Å². The van der Waals surface area contributed by atoms with Gasteiger partial charge in [-0.2, -0.15) is 0 Å². The fraction of sp³-hybridized carbons (Fsp3) is 0.125. The van der Waals surface area contributed by atoms with Gasteiger partial charge >= 0.3 is 11.8 Å². The number of ether oxygens (including phenoxy) is 1. The van der Waals surface area contributed by atoms with Gasteiger partial charge in [-0.1, -0.05) is 17.7 Å². The number of amides is 2. The van der Waals surface area contributed by atoms with Gasteiger partial charge in [-0.05, 0) is 36.4 Å². The Morgan fingerprint density at radius 3 is 2.48 bits per heavy atom. The molecule has 0 heterocycles. The average Bonchev–Trinajstić information content (AvgIpc) is 2.55. The Morgan fingerprint density at radius 1 is 1.13 bits per heavy atom. The molecule has 0 bridgehead atoms. The Bertz CT molecular complexity index is 720. The Labute approximate surface area is 137 Å². The van der Waals surface area contributed by atoms with Crippen LogP contribution in [0, 0.1) is 5.82 Å². The van der Waals surface area contributed by atoms with Crippen LogP contribution in [0.25, 0.3) is 0 Å². The molecule has 0 spiro atoms. The third kappa shape index (κ3) is 4.69. The fourth-order valence-corrected chi connectivity index (χ4v) is 2.00. The van der Waals surface area contributed by atoms with Gasteiger partial charge in [0.2, 0.25) is 0 Å². The Hall–Kier alpha value is -2.60. The van der Waals surface area contributed by atoms with Gasteiger partial charge in [0.05, 0.1) is 7.11 Å². The molecule has 0 aliphatic rings. The lowest BCUT2D eigenvalue weighted by atomic mass is 10.2. The Balaban J connectivity index is 1.94. The number of halogens is 2. The summed E-state index contributed by atoms with van der Waals surface area (Å²) in [5, 5.41) is 5.35. The summed E-state index contributed by atoms with van der Waals surface area (Å²) < 4.78 is 17.9. The molecule has 0 radical (unpaired) electrons. The van der Waals surface area contributed by atoms with Crippen LogP contribution in [0.4, 0.5) is 10.1 Å². The second-order valence-electron chi connectivity index (χ2n) is 4.60. The van der Waals surface area contributed by atoms with Crippen LogP contribution in [0.2, 0.25) is 5.02 Å². The molecule has 2 N–H and O–H groups in total. The molecule has 0 aliphatic heterocycles. The number of hydrogen-bond donors (Lipinski definition) is 2. The highest BCUT2D eigenvalue weighted by Crippen LogP contribution is 2.22. The van der Waals surface area contributed by atoms with Gasteiger partial charge in [-0.3, -0.25) is 9.59 Å². The highest BCUT2D eigenvalue weighted by molar-refractivity contribution is 6.39. The third-order valence-corrected chi connectivity index (χ3v) is 3.23. The zero-order valence-electron chi connectivity index (χ0n) is 12.2. The van der Waals surface area contributed by atoms with Crippen molar-refractivity contribution in [1.29, 1.82) is 0 Å². The standard InChI is InChI=1S/C16H14ClFN2O3/c1-23-14-8-11(17)3-2-10(14)9-19-15(21)16(22)20-13-6-4-12(18)5-7-13/h2-8H,9H2,1H3,(H,19,21)(H,20,22). The molecule has 2 amide bonds. The largest absolute Gasteiger partial charge is 0.496 e. The smallest absolute Gasteiger partial charge is 0.313 e. The first kappa shape index (κ1) is 16.8. The minimum Gasteiger partial charge on any atom is -0.496 e. The number of nitrogens with one attached hydrogen (secondary N) is 2. The number of rotatable bonds is 4. The Morgan fingerprint density at radius 2 is 1.83 bits per heavy atom. The third-order valence-electron chi connectivity index (χ3n) is 3.00. The maximum Gasteiger partial charge on any atom is 0.313 e.